The van der Waals surface area contributed by atoms with Crippen molar-refractivity contribution in [3.05, 3.63) is 23.4 Å². The maximum Gasteiger partial charge on any atom is 0.144 e. The second-order valence-electron chi connectivity index (χ2n) is 2.80. The van der Waals surface area contributed by atoms with E-state index in [1.54, 1.807) is 7.05 Å². The molecule has 74 valence electrons. The van der Waals surface area contributed by atoms with Crippen molar-refractivity contribution in [2.24, 2.45) is 4.99 Å². The molecule has 1 aliphatic heterocycles. The summed E-state index contributed by atoms with van der Waals surface area (Å²) in [7, 11) is 1.81. The van der Waals surface area contributed by atoms with Crippen molar-refractivity contribution in [3.8, 4) is 11.8 Å². The normalized spacial score (nSPS) is 21.1. The van der Waals surface area contributed by atoms with E-state index < -0.39 is 0 Å². The average Bonchev–Trinajstić information content (AvgIpc) is 2.45. The summed E-state index contributed by atoms with van der Waals surface area (Å²) in [5, 5.41) is 0. The van der Waals surface area contributed by atoms with Gasteiger partial charge in [0.25, 0.3) is 0 Å². The van der Waals surface area contributed by atoms with Gasteiger partial charge < -0.3 is 0 Å². The van der Waals surface area contributed by atoms with E-state index in [-0.39, 0.29) is 0 Å². The summed E-state index contributed by atoms with van der Waals surface area (Å²) in [5.41, 5.74) is 2.18. The van der Waals surface area contributed by atoms with Crippen molar-refractivity contribution in [1.82, 2.24) is 3.11 Å². The van der Waals surface area contributed by atoms with Crippen LogP contribution in [0.2, 0.25) is 0 Å². The van der Waals surface area contributed by atoms with Crippen molar-refractivity contribution >= 4 is 28.7 Å². The minimum absolute atomic E-state index is 0.991. The number of rotatable bonds is 1. The predicted molar refractivity (Wildman–Crippen MR) is 69.1 cm³/mol. The van der Waals surface area contributed by atoms with Crippen LogP contribution in [0.25, 0.3) is 0 Å². The number of halogens is 1. The van der Waals surface area contributed by atoms with Gasteiger partial charge in [0, 0.05) is 12.6 Å². The van der Waals surface area contributed by atoms with E-state index >= 15 is 0 Å². The minimum atomic E-state index is 0.991. The third kappa shape index (κ3) is 2.18. The molecule has 0 radical (unpaired) electrons. The molecule has 0 aromatic carbocycles. The Morgan fingerprint density at radius 1 is 1.64 bits per heavy atom. The van der Waals surface area contributed by atoms with Gasteiger partial charge in [0.15, 0.2) is 0 Å². The van der Waals surface area contributed by atoms with E-state index in [0.717, 1.165) is 18.0 Å². The van der Waals surface area contributed by atoms with Crippen LogP contribution in [0.3, 0.4) is 0 Å². The lowest BCUT2D eigenvalue weighted by Gasteiger charge is -2.09. The Morgan fingerprint density at radius 2 is 2.36 bits per heavy atom. The third-order valence-corrected chi connectivity index (χ3v) is 2.81. The van der Waals surface area contributed by atoms with Crippen LogP contribution in [0.4, 0.5) is 0 Å². The highest BCUT2D eigenvalue weighted by Gasteiger charge is 2.21. The highest BCUT2D eigenvalue weighted by molar-refractivity contribution is 14.1. The molecule has 0 fully saturated rings. The molecule has 0 saturated carbocycles. The summed E-state index contributed by atoms with van der Waals surface area (Å²) < 4.78 is 2.00. The van der Waals surface area contributed by atoms with E-state index in [4.69, 9.17) is 0 Å². The maximum atomic E-state index is 4.25. The van der Waals surface area contributed by atoms with Crippen molar-refractivity contribution in [2.75, 3.05) is 7.05 Å². The molecule has 2 nitrogen and oxygen atoms in total. The van der Waals surface area contributed by atoms with Crippen LogP contribution in [0, 0.1) is 11.8 Å². The van der Waals surface area contributed by atoms with E-state index in [9.17, 15) is 0 Å². The van der Waals surface area contributed by atoms with Gasteiger partial charge in [0.05, 0.1) is 22.9 Å². The van der Waals surface area contributed by atoms with E-state index in [2.05, 4.69) is 58.8 Å². The van der Waals surface area contributed by atoms with Gasteiger partial charge in [0.1, 0.15) is 11.5 Å². The maximum absolute atomic E-state index is 4.25. The number of allylic oxidation sites excluding steroid dienone is 2. The zero-order chi connectivity index (χ0) is 10.6. The fraction of sp³-hybridized carbons (Fsp3) is 0.364. The van der Waals surface area contributed by atoms with Crippen molar-refractivity contribution in [1.29, 1.82) is 0 Å². The van der Waals surface area contributed by atoms with Crippen LogP contribution in [0.5, 0.6) is 0 Å². The van der Waals surface area contributed by atoms with Crippen molar-refractivity contribution in [2.45, 2.75) is 20.3 Å². The molecule has 0 aromatic heterocycles. The Bertz CT molecular complexity index is 366. The topological polar surface area (TPSA) is 15.6 Å². The first-order valence-electron chi connectivity index (χ1n) is 4.52. The highest BCUT2D eigenvalue weighted by Crippen LogP contribution is 2.25. The molecule has 1 aliphatic rings. The van der Waals surface area contributed by atoms with Crippen LogP contribution < -0.4 is 0 Å². The number of nitrogens with zero attached hydrogens (tertiary/aromatic N) is 2. The summed E-state index contributed by atoms with van der Waals surface area (Å²) in [5.74, 6) is 6.95. The summed E-state index contributed by atoms with van der Waals surface area (Å²) in [6, 6.07) is 0. The number of aliphatic imine (C=N–C) groups is 1. The Labute approximate surface area is 99.3 Å². The Balaban J connectivity index is 3.08. The standard InChI is InChI=1S/C11H13IN2/c1-4-6-9-8-10(7-5-2)14(12)11(9)13-3/h6,8H,4H2,1-3H3/b9-6-,13-11+. The molecule has 0 bridgehead atoms. The molecule has 0 saturated heterocycles. The Morgan fingerprint density at radius 3 is 2.86 bits per heavy atom. The van der Waals surface area contributed by atoms with Gasteiger partial charge >= 0.3 is 0 Å². The van der Waals surface area contributed by atoms with Gasteiger partial charge in [0.2, 0.25) is 0 Å². The molecule has 1 heterocycles. The Hall–Kier alpha value is -0.760. The van der Waals surface area contributed by atoms with E-state index in [0.29, 0.717) is 0 Å². The fourth-order valence-corrected chi connectivity index (χ4v) is 2.05. The molecule has 0 atom stereocenters. The van der Waals surface area contributed by atoms with E-state index in [1.165, 1.54) is 5.57 Å². The molecular weight excluding hydrogens is 287 g/mol. The second-order valence-corrected chi connectivity index (χ2v) is 3.77. The van der Waals surface area contributed by atoms with Crippen molar-refractivity contribution < 1.29 is 0 Å². The number of hydrogen-bond acceptors (Lipinski definition) is 1. The highest BCUT2D eigenvalue weighted by atomic mass is 127. The first-order chi connectivity index (χ1) is 6.74. The van der Waals surface area contributed by atoms with Gasteiger partial charge in [-0.3, -0.25) is 8.11 Å². The molecule has 14 heavy (non-hydrogen) atoms. The first-order valence-corrected chi connectivity index (χ1v) is 5.48. The van der Waals surface area contributed by atoms with Gasteiger partial charge in [-0.05, 0) is 25.3 Å². The molecular formula is C11H13IN2. The lowest BCUT2D eigenvalue weighted by Crippen LogP contribution is -2.14. The monoisotopic (exact) mass is 300 g/mol. The van der Waals surface area contributed by atoms with E-state index in [1.807, 2.05) is 10.0 Å². The average molecular weight is 300 g/mol. The molecule has 0 N–H and O–H groups in total. The zero-order valence-corrected chi connectivity index (χ0v) is 10.8. The van der Waals surface area contributed by atoms with Gasteiger partial charge in [-0.1, -0.05) is 18.9 Å². The fourth-order valence-electron chi connectivity index (χ4n) is 1.30. The lowest BCUT2D eigenvalue weighted by molar-refractivity contribution is 0.962. The number of amidine groups is 1. The predicted octanol–water partition coefficient (Wildman–Crippen LogP) is 2.92. The molecule has 1 rings (SSSR count). The minimum Gasteiger partial charge on any atom is -0.270 e. The Kier molecular flexibility index (Phi) is 4.21. The van der Waals surface area contributed by atoms with Gasteiger partial charge in [-0.25, -0.2) is 0 Å². The summed E-state index contributed by atoms with van der Waals surface area (Å²) in [6.45, 7) is 3.96. The first kappa shape index (κ1) is 11.3. The van der Waals surface area contributed by atoms with Crippen LogP contribution in [-0.4, -0.2) is 16.0 Å². The summed E-state index contributed by atoms with van der Waals surface area (Å²) >= 11 is 2.23. The molecule has 0 unspecified atom stereocenters. The molecule has 0 aromatic rings. The quantitative estimate of drug-likeness (QED) is 0.413. The molecule has 0 amide bonds. The molecule has 0 aliphatic carbocycles. The number of hydrogen-bond donors (Lipinski definition) is 0. The zero-order valence-electron chi connectivity index (χ0n) is 8.63. The molecule has 0 spiro atoms. The SMILES string of the molecule is CC#CC1=CC(=C/CC)/C(=N\C)N1I. The largest absolute Gasteiger partial charge is 0.270 e. The molecule has 3 heteroatoms. The second kappa shape index (κ2) is 5.20. The van der Waals surface area contributed by atoms with Crippen LogP contribution in [0.1, 0.15) is 20.3 Å². The third-order valence-electron chi connectivity index (χ3n) is 1.84. The van der Waals surface area contributed by atoms with Gasteiger partial charge in [-0.15, -0.1) is 0 Å². The van der Waals surface area contributed by atoms with Crippen LogP contribution >= 0.6 is 22.9 Å². The summed E-state index contributed by atoms with van der Waals surface area (Å²) in [4.78, 5) is 4.25. The van der Waals surface area contributed by atoms with Gasteiger partial charge in [-0.2, -0.15) is 0 Å². The lowest BCUT2D eigenvalue weighted by atomic mass is 10.2. The summed E-state index contributed by atoms with van der Waals surface area (Å²) in [6.07, 6.45) is 5.26. The van der Waals surface area contributed by atoms with Crippen LogP contribution in [0.15, 0.2) is 28.4 Å². The smallest absolute Gasteiger partial charge is 0.144 e. The van der Waals surface area contributed by atoms with Crippen LogP contribution in [-0.2, 0) is 0 Å². The van der Waals surface area contributed by atoms with Crippen molar-refractivity contribution in [3.63, 3.8) is 0 Å².